The van der Waals surface area contributed by atoms with Crippen LogP contribution in [-0.2, 0) is 43.0 Å². The van der Waals surface area contributed by atoms with Crippen molar-refractivity contribution in [2.24, 2.45) is 15.0 Å². The molecule has 3 saturated heterocycles. The lowest BCUT2D eigenvalue weighted by atomic mass is 9.95. The summed E-state index contributed by atoms with van der Waals surface area (Å²) in [5.41, 5.74) is 2.74. The quantitative estimate of drug-likeness (QED) is 0.0167. The molecule has 6 aliphatic rings. The predicted molar refractivity (Wildman–Crippen MR) is 409 cm³/mol. The number of nitrogens with zero attached hydrogens (tertiary/aromatic N) is 9. The van der Waals surface area contributed by atoms with Crippen LogP contribution in [0.4, 0.5) is 35.1 Å². The van der Waals surface area contributed by atoms with E-state index in [2.05, 4.69) is 67.8 Å². The first-order valence-electron chi connectivity index (χ1n) is 35.2. The number of likely N-dealkylation sites (tertiary alicyclic amines) is 3. The number of methoxy groups -OCH3 is 1. The highest BCUT2D eigenvalue weighted by Gasteiger charge is 2.55. The number of ether oxygens (including phenoxy) is 3. The van der Waals surface area contributed by atoms with E-state index in [9.17, 15) is 63.9 Å². The number of aliphatic carboxylic acids is 3. The third-order valence-electron chi connectivity index (χ3n) is 19.7. The number of aromatic nitrogens is 3. The van der Waals surface area contributed by atoms with Gasteiger partial charge in [-0.3, -0.25) is 44.1 Å². The minimum absolute atomic E-state index is 0.0243. The second-order valence-corrected chi connectivity index (χ2v) is 31.5. The first-order valence-corrected chi connectivity index (χ1v) is 39.8. The Morgan fingerprint density at radius 2 is 0.839 bits per heavy atom. The zero-order valence-corrected chi connectivity index (χ0v) is 67.1. The van der Waals surface area contributed by atoms with Crippen molar-refractivity contribution in [1.29, 1.82) is 0 Å². The Hall–Kier alpha value is -8.43. The lowest BCUT2D eigenvalue weighted by molar-refractivity contribution is -0.139. The Bertz CT molecular complexity index is 4660. The molecule has 3 unspecified atom stereocenters. The molecule has 9 atom stereocenters. The predicted octanol–water partition coefficient (Wildman–Crippen LogP) is 14.1. The lowest BCUT2D eigenvalue weighted by Gasteiger charge is -2.33. The molecule has 0 bridgehead atoms. The van der Waals surface area contributed by atoms with Gasteiger partial charge in [0.2, 0.25) is 0 Å². The van der Waals surface area contributed by atoms with Crippen LogP contribution < -0.4 is 16.0 Å². The number of aliphatic imine (C=N–C) groups is 3. The maximum absolute atomic E-state index is 14.8. The van der Waals surface area contributed by atoms with Crippen LogP contribution in [0.5, 0.6) is 0 Å². The average Bonchev–Trinajstić information content (AvgIpc) is 1.34. The third-order valence-corrected chi connectivity index (χ3v) is 23.8. The fourth-order valence-corrected chi connectivity index (χ4v) is 17.2. The highest BCUT2D eigenvalue weighted by molar-refractivity contribution is 9.10. The van der Waals surface area contributed by atoms with Crippen molar-refractivity contribution in [2.75, 3.05) is 40.0 Å². The molecule has 0 spiro atoms. The Kier molecular flexibility index (Phi) is 28.6. The fourth-order valence-electron chi connectivity index (χ4n) is 14.1. The van der Waals surface area contributed by atoms with Crippen molar-refractivity contribution < 1.29 is 93.4 Å². The zero-order valence-electron chi connectivity index (χ0n) is 60.8. The molecular formula is C74H77Br2ClF8N12O12S3. The second-order valence-electron chi connectivity index (χ2n) is 26.7. The van der Waals surface area contributed by atoms with Gasteiger partial charge in [-0.25, -0.2) is 64.5 Å². The molecule has 0 radical (unpaired) electrons. The maximum Gasteiger partial charge on any atom is 0.338 e. The van der Waals surface area contributed by atoms with Crippen LogP contribution in [0.3, 0.4) is 0 Å². The topological polar surface area (TPSA) is 312 Å². The number of hydrogen-bond acceptors (Lipinski definition) is 24. The summed E-state index contributed by atoms with van der Waals surface area (Å²) in [7, 11) is 1.20. The molecule has 3 aromatic heterocycles. The van der Waals surface area contributed by atoms with E-state index in [1.165, 1.54) is 108 Å². The summed E-state index contributed by atoms with van der Waals surface area (Å²) in [6.07, 6.45) is 2.65. The number of carboxylic acids is 3. The molecule has 0 saturated carbocycles. The highest BCUT2D eigenvalue weighted by atomic mass is 79.9. The van der Waals surface area contributed by atoms with Crippen molar-refractivity contribution >= 4 is 131 Å². The summed E-state index contributed by atoms with van der Waals surface area (Å²) in [5, 5.41) is 44.0. The van der Waals surface area contributed by atoms with Gasteiger partial charge >= 0.3 is 35.8 Å². The van der Waals surface area contributed by atoms with E-state index in [1.807, 2.05) is 0 Å². The SMILES string of the molecule is CCOC(=O)C1=C(CN2C(C)C(F)(F)C[C@H]2CCC(=O)O)NC(c2nccs2)=N[C@H]1c1ccc(F)cc1Br.CCOC(=O)C1=C(CN2C(C)C(F)(F)C[C@H]2CCC(=O)O)NC(c2nccs2)=N[C@H]1c1ccccc1Cl.COC(=O)C1=C(CN2C(C)C(F)(F)C[C@H]2CCC(=O)O)NC(c2nccs2)=N[C@H]1c1ccc(F)cc1Br. The Labute approximate surface area is 671 Å². The first-order chi connectivity index (χ1) is 53.1. The monoisotopic (exact) mass is 1770 g/mol. The number of nitrogens with one attached hydrogen (secondary N) is 3. The molecule has 600 valence electrons. The molecule has 3 aromatic carbocycles. The highest BCUT2D eigenvalue weighted by Crippen LogP contribution is 2.47. The second kappa shape index (κ2) is 37.2. The zero-order chi connectivity index (χ0) is 81.3. The maximum atomic E-state index is 14.8. The van der Waals surface area contributed by atoms with Crippen LogP contribution >= 0.6 is 77.5 Å². The van der Waals surface area contributed by atoms with Crippen molar-refractivity contribution in [3.63, 3.8) is 0 Å². The number of carboxylic acid groups (broad SMARTS) is 3. The van der Waals surface area contributed by atoms with E-state index in [0.29, 0.717) is 68.9 Å². The van der Waals surface area contributed by atoms with Crippen LogP contribution in [0.1, 0.15) is 142 Å². The number of amidine groups is 3. The fraction of sp³-hybridized carbons (Fsp3) is 0.432. The van der Waals surface area contributed by atoms with Crippen molar-refractivity contribution in [2.45, 2.75) is 165 Å². The molecule has 6 N–H and O–H groups in total. The summed E-state index contributed by atoms with van der Waals surface area (Å²) < 4.78 is 133. The minimum Gasteiger partial charge on any atom is -0.481 e. The number of carbonyl (C=O) groups excluding carboxylic acids is 3. The van der Waals surface area contributed by atoms with E-state index >= 15 is 0 Å². The Morgan fingerprint density at radius 1 is 0.518 bits per heavy atom. The van der Waals surface area contributed by atoms with E-state index in [0.717, 1.165) is 0 Å². The molecule has 12 rings (SSSR count). The molecule has 112 heavy (non-hydrogen) atoms. The molecule has 24 nitrogen and oxygen atoms in total. The van der Waals surface area contributed by atoms with Crippen LogP contribution in [0.25, 0.3) is 0 Å². The number of benzene rings is 3. The standard InChI is InChI=1S/C25H26BrF3N4O4S.C25H27ClF2N4O4S.C24H24BrF3N4O4S/c1-3-37-24(36)20-18(12-33-13(2)25(28,29)11-15(33)5-7-19(34)35)31-22(23-30-8-9-38-23)32-21(20)16-6-4-14(27)10-17(16)26;1-3-36-24(35)20-18(13-32-14(2)25(27,28)12-15(32)8-9-19(33)34)30-22(23-29-10-11-37-23)31-21(20)16-6-4-5-7-17(16)26;1-12-24(27,28)10-14(4-6-18(33)34)32(12)11-17-19(23(35)36-2)20(15-5-3-13(26)9-16(15)25)31-21(30-17)22-29-7-8-37-22/h4,6,8-10,13,15,21H,3,5,7,11-12H2,1-2H3,(H,31,32)(H,34,35);4-7,10-11,14-15,21H,3,8-9,12-13H2,1-2H3,(H,30,31)(H,33,34);3,5,7-9,12,14,20H,4,6,10-11H2,1-2H3,(H,30,31)(H,33,34)/t13?,15-,21+;14?,15-,21+;12?,14-,20+/m111/s1. The van der Waals surface area contributed by atoms with Gasteiger partial charge in [0.15, 0.2) is 32.5 Å². The van der Waals surface area contributed by atoms with Crippen LogP contribution in [0, 0.1) is 11.6 Å². The van der Waals surface area contributed by atoms with E-state index in [1.54, 1.807) is 77.7 Å². The van der Waals surface area contributed by atoms with Gasteiger partial charge in [-0.05, 0) is 95.3 Å². The van der Waals surface area contributed by atoms with Crippen molar-refractivity contribution in [3.05, 3.63) is 187 Å². The Morgan fingerprint density at radius 3 is 1.12 bits per heavy atom. The molecule has 6 aromatic rings. The van der Waals surface area contributed by atoms with E-state index in [-0.39, 0.29) is 99.5 Å². The summed E-state index contributed by atoms with van der Waals surface area (Å²) in [6.45, 7) is 7.36. The van der Waals surface area contributed by atoms with Gasteiger partial charge in [-0.1, -0.05) is 73.8 Å². The molecule has 9 heterocycles. The summed E-state index contributed by atoms with van der Waals surface area (Å²) in [6, 6.07) is 6.42. The van der Waals surface area contributed by atoms with Gasteiger partial charge in [0.05, 0.1) is 55.2 Å². The van der Waals surface area contributed by atoms with Crippen molar-refractivity contribution in [1.82, 2.24) is 45.6 Å². The first kappa shape index (κ1) is 86.0. The van der Waals surface area contributed by atoms with Crippen molar-refractivity contribution in [3.8, 4) is 0 Å². The third kappa shape index (κ3) is 20.2. The average molecular weight is 1770 g/mol. The summed E-state index contributed by atoms with van der Waals surface area (Å²) >= 11 is 17.1. The normalized spacial score (nSPS) is 23.4. The molecule has 38 heteroatoms. The van der Waals surface area contributed by atoms with Crippen LogP contribution in [0.15, 0.2) is 153 Å². The number of rotatable bonds is 26. The van der Waals surface area contributed by atoms with Crippen LogP contribution in [0.2, 0.25) is 5.02 Å². The van der Waals surface area contributed by atoms with Gasteiger partial charge in [0.25, 0.3) is 17.8 Å². The van der Waals surface area contributed by atoms with E-state index in [4.69, 9.17) is 51.1 Å². The van der Waals surface area contributed by atoms with Gasteiger partial charge in [0, 0.05) is 148 Å². The largest absolute Gasteiger partial charge is 0.481 e. The summed E-state index contributed by atoms with van der Waals surface area (Å²) in [5.74, 6) is -14.3. The smallest absolute Gasteiger partial charge is 0.338 e. The molecule has 0 aliphatic carbocycles. The van der Waals surface area contributed by atoms with Gasteiger partial charge in [-0.15, -0.1) is 34.0 Å². The minimum atomic E-state index is -3.05. The molecular weight excluding hydrogens is 1690 g/mol. The molecule has 6 aliphatic heterocycles. The number of alkyl halides is 6. The van der Waals surface area contributed by atoms with Gasteiger partial charge < -0.3 is 45.5 Å². The van der Waals surface area contributed by atoms with Crippen LogP contribution in [-0.4, -0.2) is 192 Å². The molecule has 0 amide bonds. The van der Waals surface area contributed by atoms with E-state index < -0.39 is 139 Å². The number of halogens is 11. The summed E-state index contributed by atoms with van der Waals surface area (Å²) in [4.78, 5) is 105. The van der Waals surface area contributed by atoms with Gasteiger partial charge in [0.1, 0.15) is 29.8 Å². The molecule has 3 fully saturated rings. The lowest BCUT2D eigenvalue weighted by Crippen LogP contribution is -2.45. The number of hydrogen-bond donors (Lipinski definition) is 6. The Balaban J connectivity index is 0.000000178. The van der Waals surface area contributed by atoms with Gasteiger partial charge in [-0.2, -0.15) is 0 Å². The number of thiazole rings is 3. The number of esters is 3. The number of carbonyl (C=O) groups is 6.